The largest absolute Gasteiger partial charge is 0.480 e. The van der Waals surface area contributed by atoms with E-state index in [1.165, 1.54) is 6.07 Å². The molecule has 8 heteroatoms. The van der Waals surface area contributed by atoms with Crippen LogP contribution in [0.2, 0.25) is 0 Å². The van der Waals surface area contributed by atoms with E-state index in [0.717, 1.165) is 4.31 Å². The Bertz CT molecular complexity index is 844. The molecule has 1 aromatic carbocycles. The number of aromatic nitrogens is 2. The summed E-state index contributed by atoms with van der Waals surface area (Å²) in [6.07, 6.45) is 4.20. The van der Waals surface area contributed by atoms with Gasteiger partial charge in [0.15, 0.2) is 0 Å². The zero-order chi connectivity index (χ0) is 16.6. The van der Waals surface area contributed by atoms with Crippen LogP contribution in [0.1, 0.15) is 12.8 Å². The Hall–Kier alpha value is -2.19. The monoisotopic (exact) mass is 335 g/mol. The van der Waals surface area contributed by atoms with E-state index in [9.17, 15) is 18.3 Å². The first-order chi connectivity index (χ1) is 10.9. The number of aryl methyl sites for hydroxylation is 1. The van der Waals surface area contributed by atoms with Crippen molar-refractivity contribution < 1.29 is 18.3 Å². The normalized spacial score (nSPS) is 19.1. The van der Waals surface area contributed by atoms with Crippen molar-refractivity contribution >= 4 is 16.0 Å². The minimum atomic E-state index is -3.89. The lowest BCUT2D eigenvalue weighted by Crippen LogP contribution is -2.40. The molecule has 7 nitrogen and oxygen atoms in total. The van der Waals surface area contributed by atoms with E-state index >= 15 is 0 Å². The quantitative estimate of drug-likeness (QED) is 0.910. The number of carboxylic acids is 1. The maximum absolute atomic E-state index is 13.0. The Morgan fingerprint density at radius 3 is 2.74 bits per heavy atom. The van der Waals surface area contributed by atoms with Gasteiger partial charge < -0.3 is 5.11 Å². The summed E-state index contributed by atoms with van der Waals surface area (Å²) in [7, 11) is -2.14. The molecule has 23 heavy (non-hydrogen) atoms. The highest BCUT2D eigenvalue weighted by Gasteiger charge is 2.40. The summed E-state index contributed by atoms with van der Waals surface area (Å²) in [5.41, 5.74) is 1.20. The van der Waals surface area contributed by atoms with Gasteiger partial charge in [0.25, 0.3) is 0 Å². The van der Waals surface area contributed by atoms with E-state index in [4.69, 9.17) is 0 Å². The van der Waals surface area contributed by atoms with Crippen molar-refractivity contribution in [3.05, 3.63) is 36.7 Å². The molecule has 1 aromatic heterocycles. The van der Waals surface area contributed by atoms with Gasteiger partial charge in [-0.3, -0.25) is 9.48 Å². The van der Waals surface area contributed by atoms with Crippen molar-refractivity contribution in [1.29, 1.82) is 0 Å². The van der Waals surface area contributed by atoms with Crippen molar-refractivity contribution in [1.82, 2.24) is 14.1 Å². The predicted octanol–water partition coefficient (Wildman–Crippen LogP) is 1.32. The second kappa shape index (κ2) is 5.78. The summed E-state index contributed by atoms with van der Waals surface area (Å²) in [4.78, 5) is 11.4. The first-order valence-electron chi connectivity index (χ1n) is 7.24. The number of sulfonamides is 1. The zero-order valence-electron chi connectivity index (χ0n) is 12.6. The average molecular weight is 335 g/mol. The summed E-state index contributed by atoms with van der Waals surface area (Å²) in [6.45, 7) is 0.223. The highest BCUT2D eigenvalue weighted by atomic mass is 32.2. The van der Waals surface area contributed by atoms with Gasteiger partial charge in [-0.1, -0.05) is 18.2 Å². The van der Waals surface area contributed by atoms with Crippen molar-refractivity contribution in [2.24, 2.45) is 7.05 Å². The maximum atomic E-state index is 13.0. The third-order valence-electron chi connectivity index (χ3n) is 3.98. The summed E-state index contributed by atoms with van der Waals surface area (Å²) in [5.74, 6) is -1.11. The molecule has 122 valence electrons. The van der Waals surface area contributed by atoms with Crippen LogP contribution < -0.4 is 0 Å². The lowest BCUT2D eigenvalue weighted by molar-refractivity contribution is -0.140. The average Bonchev–Trinajstić information content (AvgIpc) is 3.16. The van der Waals surface area contributed by atoms with Crippen LogP contribution in [0.15, 0.2) is 41.6 Å². The van der Waals surface area contributed by atoms with Gasteiger partial charge >= 0.3 is 5.97 Å². The minimum absolute atomic E-state index is 0.112. The number of hydrogen-bond donors (Lipinski definition) is 1. The molecular weight excluding hydrogens is 318 g/mol. The van der Waals surface area contributed by atoms with Crippen LogP contribution in [0.3, 0.4) is 0 Å². The molecule has 1 aliphatic heterocycles. The molecular formula is C15H17N3O4S. The number of carbonyl (C=O) groups is 1. The highest BCUT2D eigenvalue weighted by molar-refractivity contribution is 7.89. The van der Waals surface area contributed by atoms with Gasteiger partial charge in [-0.15, -0.1) is 0 Å². The molecule has 0 radical (unpaired) electrons. The molecule has 2 aromatic rings. The van der Waals surface area contributed by atoms with Crippen molar-refractivity contribution in [3.8, 4) is 11.1 Å². The maximum Gasteiger partial charge on any atom is 0.322 e. The van der Waals surface area contributed by atoms with Crippen molar-refractivity contribution in [2.75, 3.05) is 6.54 Å². The van der Waals surface area contributed by atoms with E-state index in [2.05, 4.69) is 5.10 Å². The summed E-state index contributed by atoms with van der Waals surface area (Å²) >= 11 is 0. The molecule has 1 saturated heterocycles. The fraction of sp³-hybridized carbons (Fsp3) is 0.333. The van der Waals surface area contributed by atoms with Gasteiger partial charge in [-0.25, -0.2) is 8.42 Å². The highest BCUT2D eigenvalue weighted by Crippen LogP contribution is 2.32. The van der Waals surface area contributed by atoms with Gasteiger partial charge in [-0.2, -0.15) is 9.40 Å². The van der Waals surface area contributed by atoms with E-state index < -0.39 is 22.0 Å². The van der Waals surface area contributed by atoms with Crippen molar-refractivity contribution in [3.63, 3.8) is 0 Å². The molecule has 1 N–H and O–H groups in total. The van der Waals surface area contributed by atoms with Crippen LogP contribution in [0.25, 0.3) is 11.1 Å². The number of rotatable bonds is 4. The van der Waals surface area contributed by atoms with Gasteiger partial charge in [0, 0.05) is 30.9 Å². The van der Waals surface area contributed by atoms with E-state index in [0.29, 0.717) is 24.0 Å². The van der Waals surface area contributed by atoms with Gasteiger partial charge in [-0.05, 0) is 18.9 Å². The van der Waals surface area contributed by atoms with Crippen molar-refractivity contribution in [2.45, 2.75) is 23.8 Å². The molecule has 1 atom stereocenters. The number of carboxylic acid groups (broad SMARTS) is 1. The molecule has 1 fully saturated rings. The van der Waals surface area contributed by atoms with Crippen LogP contribution in [0.5, 0.6) is 0 Å². The molecule has 0 unspecified atom stereocenters. The molecule has 0 bridgehead atoms. The zero-order valence-corrected chi connectivity index (χ0v) is 13.4. The Labute approximate surface area is 134 Å². The molecule has 0 saturated carbocycles. The molecule has 0 amide bonds. The van der Waals surface area contributed by atoms with Crippen LogP contribution in [-0.2, 0) is 21.9 Å². The fourth-order valence-electron chi connectivity index (χ4n) is 2.89. The van der Waals surface area contributed by atoms with E-state index in [1.54, 1.807) is 42.3 Å². The molecule has 0 spiro atoms. The number of hydrogen-bond acceptors (Lipinski definition) is 4. The third-order valence-corrected chi connectivity index (χ3v) is 5.94. The van der Waals surface area contributed by atoms with Crippen LogP contribution in [0.4, 0.5) is 0 Å². The smallest absolute Gasteiger partial charge is 0.322 e. The molecule has 2 heterocycles. The lowest BCUT2D eigenvalue weighted by Gasteiger charge is -2.22. The second-order valence-electron chi connectivity index (χ2n) is 5.51. The lowest BCUT2D eigenvalue weighted by atomic mass is 10.1. The van der Waals surface area contributed by atoms with Gasteiger partial charge in [0.1, 0.15) is 6.04 Å². The third kappa shape index (κ3) is 2.75. The molecule has 0 aliphatic carbocycles. The number of aliphatic carboxylic acids is 1. The summed E-state index contributed by atoms with van der Waals surface area (Å²) in [5, 5.41) is 13.3. The summed E-state index contributed by atoms with van der Waals surface area (Å²) in [6, 6.07) is 5.60. The fourth-order valence-corrected chi connectivity index (χ4v) is 4.76. The van der Waals surface area contributed by atoms with Gasteiger partial charge in [0.05, 0.1) is 11.1 Å². The standard InChI is InChI=1S/C15H17N3O4S/c1-17-10-11(9-16-17)12-5-2-3-7-14(12)23(21,22)18-8-4-6-13(18)15(19)20/h2-3,5,7,9-10,13H,4,6,8H2,1H3,(H,19,20)/t13-/m0/s1. The SMILES string of the molecule is Cn1cc(-c2ccccc2S(=O)(=O)N2CCC[C@H]2C(=O)O)cn1. The molecule has 3 rings (SSSR count). The number of benzene rings is 1. The Kier molecular flexibility index (Phi) is 3.95. The van der Waals surface area contributed by atoms with E-state index in [1.807, 2.05) is 0 Å². The topological polar surface area (TPSA) is 92.5 Å². The molecule has 1 aliphatic rings. The van der Waals surface area contributed by atoms with Gasteiger partial charge in [0.2, 0.25) is 10.0 Å². The van der Waals surface area contributed by atoms with Crippen LogP contribution in [0, 0.1) is 0 Å². The Balaban J connectivity index is 2.09. The Morgan fingerprint density at radius 2 is 2.09 bits per heavy atom. The summed E-state index contributed by atoms with van der Waals surface area (Å²) < 4.78 is 28.7. The Morgan fingerprint density at radius 1 is 1.35 bits per heavy atom. The minimum Gasteiger partial charge on any atom is -0.480 e. The first-order valence-corrected chi connectivity index (χ1v) is 8.68. The number of nitrogens with zero attached hydrogens (tertiary/aromatic N) is 3. The van der Waals surface area contributed by atoms with E-state index in [-0.39, 0.29) is 11.4 Å². The van der Waals surface area contributed by atoms with Crippen LogP contribution in [-0.4, -0.2) is 46.2 Å². The second-order valence-corrected chi connectivity index (χ2v) is 7.37. The van der Waals surface area contributed by atoms with Crippen LogP contribution >= 0.6 is 0 Å². The predicted molar refractivity (Wildman–Crippen MR) is 83.2 cm³/mol. The first kappa shape index (κ1) is 15.7.